The lowest BCUT2D eigenvalue weighted by molar-refractivity contribution is -0.137. The van der Waals surface area contributed by atoms with Crippen LogP contribution in [0.15, 0.2) is 57.7 Å². The Bertz CT molecular complexity index is 1010. The molecule has 1 amide bonds. The summed E-state index contributed by atoms with van der Waals surface area (Å²) >= 11 is 0. The third-order valence-electron chi connectivity index (χ3n) is 3.44. The summed E-state index contributed by atoms with van der Waals surface area (Å²) in [6.07, 6.45) is -4.50. The fourth-order valence-electron chi connectivity index (χ4n) is 2.19. The first-order chi connectivity index (χ1) is 11.7. The Hall–Kier alpha value is -3.29. The van der Waals surface area contributed by atoms with Gasteiger partial charge in [0.05, 0.1) is 5.56 Å². The molecule has 2 N–H and O–H groups in total. The molecule has 0 spiro atoms. The fourth-order valence-corrected chi connectivity index (χ4v) is 2.19. The minimum atomic E-state index is -4.50. The summed E-state index contributed by atoms with van der Waals surface area (Å²) in [5.41, 5.74) is -1.80. The second-order valence-electron chi connectivity index (χ2n) is 5.20. The van der Waals surface area contributed by atoms with Gasteiger partial charge < -0.3 is 14.8 Å². The van der Waals surface area contributed by atoms with E-state index in [0.717, 1.165) is 24.3 Å². The highest BCUT2D eigenvalue weighted by Gasteiger charge is 2.30. The van der Waals surface area contributed by atoms with Gasteiger partial charge in [0.15, 0.2) is 0 Å². The van der Waals surface area contributed by atoms with E-state index in [9.17, 15) is 27.9 Å². The number of carbonyl (C=O) groups excluding carboxylic acids is 1. The molecule has 3 aromatic rings. The highest BCUT2D eigenvalue weighted by Crippen LogP contribution is 2.29. The van der Waals surface area contributed by atoms with Crippen molar-refractivity contribution in [1.82, 2.24) is 0 Å². The smallest absolute Gasteiger partial charge is 0.416 e. The first-order valence-electron chi connectivity index (χ1n) is 6.99. The Morgan fingerprint density at radius 1 is 1.04 bits per heavy atom. The van der Waals surface area contributed by atoms with E-state index in [2.05, 4.69) is 5.32 Å². The first kappa shape index (κ1) is 16.6. The monoisotopic (exact) mass is 349 g/mol. The number of phenolic OH excluding ortho intramolecular Hbond substituents is 1. The lowest BCUT2D eigenvalue weighted by atomic mass is 10.1. The summed E-state index contributed by atoms with van der Waals surface area (Å²) in [6.45, 7) is 0. The van der Waals surface area contributed by atoms with Crippen LogP contribution in [0, 0.1) is 0 Å². The van der Waals surface area contributed by atoms with Crippen LogP contribution in [0.1, 0.15) is 15.9 Å². The molecule has 0 aliphatic heterocycles. The summed E-state index contributed by atoms with van der Waals surface area (Å²) in [5, 5.41) is 12.1. The summed E-state index contributed by atoms with van der Waals surface area (Å²) in [4.78, 5) is 24.0. The van der Waals surface area contributed by atoms with Gasteiger partial charge in [0.25, 0.3) is 5.91 Å². The topological polar surface area (TPSA) is 79.5 Å². The number of hydrogen-bond acceptors (Lipinski definition) is 4. The molecule has 0 aliphatic carbocycles. The molecule has 0 radical (unpaired) electrons. The summed E-state index contributed by atoms with van der Waals surface area (Å²) in [6, 6.07) is 9.05. The fraction of sp³-hybridized carbons (Fsp3) is 0.0588. The molecule has 5 nitrogen and oxygen atoms in total. The van der Waals surface area contributed by atoms with Crippen molar-refractivity contribution in [2.45, 2.75) is 6.18 Å². The van der Waals surface area contributed by atoms with Crippen molar-refractivity contribution >= 4 is 22.6 Å². The van der Waals surface area contributed by atoms with Gasteiger partial charge in [0.2, 0.25) is 0 Å². The SMILES string of the molecule is O=C(Nc1cc2ccc(O)cc2oc1=O)c1ccc(C(F)(F)F)cc1. The van der Waals surface area contributed by atoms with Crippen LogP contribution >= 0.6 is 0 Å². The number of fused-ring (bicyclic) bond motifs is 1. The number of carbonyl (C=O) groups is 1. The Morgan fingerprint density at radius 3 is 2.36 bits per heavy atom. The standard InChI is InChI=1S/C17H10F3NO4/c18-17(19,20)11-4-1-9(2-5-11)15(23)21-13-7-10-3-6-12(22)8-14(10)25-16(13)24/h1-8,22H,(H,21,23). The van der Waals surface area contributed by atoms with Crippen molar-refractivity contribution in [3.8, 4) is 5.75 Å². The van der Waals surface area contributed by atoms with E-state index in [-0.39, 0.29) is 22.6 Å². The largest absolute Gasteiger partial charge is 0.508 e. The van der Waals surface area contributed by atoms with Crippen molar-refractivity contribution in [2.75, 3.05) is 5.32 Å². The molecule has 0 bridgehead atoms. The minimum absolute atomic E-state index is 0.0433. The van der Waals surface area contributed by atoms with Gasteiger partial charge in [-0.1, -0.05) is 0 Å². The maximum Gasteiger partial charge on any atom is 0.416 e. The van der Waals surface area contributed by atoms with E-state index in [1.165, 1.54) is 24.3 Å². The molecule has 0 atom stereocenters. The zero-order valence-electron chi connectivity index (χ0n) is 12.4. The maximum absolute atomic E-state index is 12.5. The highest BCUT2D eigenvalue weighted by molar-refractivity contribution is 6.04. The summed E-state index contributed by atoms with van der Waals surface area (Å²) in [5.74, 6) is -0.837. The molecule has 1 aromatic heterocycles. The minimum Gasteiger partial charge on any atom is -0.508 e. The molecule has 3 rings (SSSR count). The Kier molecular flexibility index (Phi) is 3.96. The van der Waals surface area contributed by atoms with E-state index in [1.807, 2.05) is 0 Å². The van der Waals surface area contributed by atoms with E-state index < -0.39 is 23.3 Å². The molecule has 1 heterocycles. The molecule has 0 aliphatic rings. The molecular weight excluding hydrogens is 339 g/mol. The van der Waals surface area contributed by atoms with E-state index >= 15 is 0 Å². The van der Waals surface area contributed by atoms with E-state index in [1.54, 1.807) is 0 Å². The lowest BCUT2D eigenvalue weighted by Gasteiger charge is -2.08. The number of anilines is 1. The van der Waals surface area contributed by atoms with Crippen LogP contribution in [0.4, 0.5) is 18.9 Å². The number of alkyl halides is 3. The van der Waals surface area contributed by atoms with Gasteiger partial charge in [-0.25, -0.2) is 4.79 Å². The summed E-state index contributed by atoms with van der Waals surface area (Å²) in [7, 11) is 0. The highest BCUT2D eigenvalue weighted by atomic mass is 19.4. The van der Waals surface area contributed by atoms with E-state index in [4.69, 9.17) is 4.42 Å². The molecule has 128 valence electrons. The number of aromatic hydroxyl groups is 1. The number of rotatable bonds is 2. The average Bonchev–Trinajstić information content (AvgIpc) is 2.55. The van der Waals surface area contributed by atoms with Crippen LogP contribution in [-0.4, -0.2) is 11.0 Å². The molecule has 25 heavy (non-hydrogen) atoms. The maximum atomic E-state index is 12.5. The number of phenols is 1. The second-order valence-corrected chi connectivity index (χ2v) is 5.20. The van der Waals surface area contributed by atoms with Gasteiger partial charge in [-0.2, -0.15) is 13.2 Å². The predicted molar refractivity (Wildman–Crippen MR) is 83.5 cm³/mol. The number of benzene rings is 2. The predicted octanol–water partition coefficient (Wildman–Crippen LogP) is 3.77. The zero-order valence-corrected chi connectivity index (χ0v) is 12.4. The van der Waals surface area contributed by atoms with Gasteiger partial charge in [0, 0.05) is 17.0 Å². The molecule has 0 fully saturated rings. The van der Waals surface area contributed by atoms with Gasteiger partial charge in [-0.15, -0.1) is 0 Å². The Labute approximate surface area is 138 Å². The molecule has 0 unspecified atom stereocenters. The first-order valence-corrected chi connectivity index (χ1v) is 6.99. The lowest BCUT2D eigenvalue weighted by Crippen LogP contribution is -2.18. The van der Waals surface area contributed by atoms with Crippen LogP contribution in [0.5, 0.6) is 5.75 Å². The third kappa shape index (κ3) is 3.47. The zero-order chi connectivity index (χ0) is 18.2. The molecule has 0 saturated carbocycles. The molecule has 0 saturated heterocycles. The van der Waals surface area contributed by atoms with Crippen LogP contribution in [0.3, 0.4) is 0 Å². The van der Waals surface area contributed by atoms with Crippen LogP contribution < -0.4 is 10.9 Å². The number of hydrogen-bond donors (Lipinski definition) is 2. The van der Waals surface area contributed by atoms with Crippen LogP contribution in [0.2, 0.25) is 0 Å². The van der Waals surface area contributed by atoms with Gasteiger partial charge >= 0.3 is 11.8 Å². The van der Waals surface area contributed by atoms with Crippen LogP contribution in [-0.2, 0) is 6.18 Å². The quantitative estimate of drug-likeness (QED) is 0.690. The van der Waals surface area contributed by atoms with Crippen molar-refractivity contribution in [3.63, 3.8) is 0 Å². The molecule has 2 aromatic carbocycles. The average molecular weight is 349 g/mol. The van der Waals surface area contributed by atoms with Crippen molar-refractivity contribution < 1.29 is 27.5 Å². The van der Waals surface area contributed by atoms with E-state index in [0.29, 0.717) is 5.39 Å². The summed E-state index contributed by atoms with van der Waals surface area (Å²) < 4.78 is 42.6. The normalized spacial score (nSPS) is 11.5. The van der Waals surface area contributed by atoms with Crippen LogP contribution in [0.25, 0.3) is 11.0 Å². The van der Waals surface area contributed by atoms with Gasteiger partial charge in [0.1, 0.15) is 17.0 Å². The Morgan fingerprint density at radius 2 is 1.72 bits per heavy atom. The Balaban J connectivity index is 1.88. The van der Waals surface area contributed by atoms with Gasteiger partial charge in [-0.05, 0) is 42.5 Å². The van der Waals surface area contributed by atoms with Crippen molar-refractivity contribution in [2.24, 2.45) is 0 Å². The second kappa shape index (κ2) is 5.97. The number of nitrogens with one attached hydrogen (secondary N) is 1. The van der Waals surface area contributed by atoms with Gasteiger partial charge in [-0.3, -0.25) is 4.79 Å². The number of amides is 1. The number of halogens is 3. The van der Waals surface area contributed by atoms with Crippen molar-refractivity contribution in [3.05, 3.63) is 70.1 Å². The third-order valence-corrected chi connectivity index (χ3v) is 3.44. The van der Waals surface area contributed by atoms with Crippen molar-refractivity contribution in [1.29, 1.82) is 0 Å². The molecule has 8 heteroatoms. The molecular formula is C17H10F3NO4.